The Kier molecular flexibility index (Phi) is 5.38. The van der Waals surface area contributed by atoms with Crippen molar-refractivity contribution in [1.29, 1.82) is 0 Å². The highest BCUT2D eigenvalue weighted by molar-refractivity contribution is 6.05. The third-order valence-corrected chi connectivity index (χ3v) is 5.27. The molecule has 30 heavy (non-hydrogen) atoms. The van der Waals surface area contributed by atoms with E-state index in [0.717, 1.165) is 30.2 Å². The number of hydrogen-bond donors (Lipinski definition) is 1. The molecular weight excluding hydrogens is 382 g/mol. The summed E-state index contributed by atoms with van der Waals surface area (Å²) < 4.78 is 0. The van der Waals surface area contributed by atoms with Crippen LogP contribution >= 0.6 is 0 Å². The molecule has 0 spiro atoms. The normalized spacial score (nSPS) is 13.3. The third-order valence-electron chi connectivity index (χ3n) is 5.27. The fourth-order valence-corrected chi connectivity index (χ4v) is 3.58. The van der Waals surface area contributed by atoms with Crippen molar-refractivity contribution in [2.24, 2.45) is 0 Å². The molecule has 0 aliphatic carbocycles. The maximum absolute atomic E-state index is 12.6. The number of nitrogens with zero attached hydrogens (tertiary/aromatic N) is 4. The molecule has 0 unspecified atom stereocenters. The van der Waals surface area contributed by atoms with Gasteiger partial charge in [0.2, 0.25) is 0 Å². The van der Waals surface area contributed by atoms with Gasteiger partial charge in [-0.1, -0.05) is 18.2 Å². The van der Waals surface area contributed by atoms with Crippen LogP contribution in [-0.4, -0.2) is 34.1 Å². The standard InChI is InChI=1S/C22H21N5O3/c1-15-18(5-4-6-20(15)27(29)30)22(28)23-17-9-7-16(8-10-17)19-11-12-21(25-24-19)26-13-2-3-14-26/h4-12H,2-3,13-14H2,1H3,(H,23,28). The highest BCUT2D eigenvalue weighted by atomic mass is 16.6. The number of carbonyl (C=O) groups is 1. The Morgan fingerprint density at radius 2 is 1.77 bits per heavy atom. The van der Waals surface area contributed by atoms with Gasteiger partial charge < -0.3 is 10.2 Å². The maximum Gasteiger partial charge on any atom is 0.273 e. The number of benzene rings is 2. The van der Waals surface area contributed by atoms with Gasteiger partial charge in [-0.05, 0) is 50.1 Å². The molecule has 2 aromatic carbocycles. The molecule has 8 nitrogen and oxygen atoms in total. The van der Waals surface area contributed by atoms with Crippen molar-refractivity contribution in [1.82, 2.24) is 10.2 Å². The molecule has 1 saturated heterocycles. The van der Waals surface area contributed by atoms with Gasteiger partial charge in [-0.15, -0.1) is 10.2 Å². The number of aromatic nitrogens is 2. The molecule has 3 aromatic rings. The first-order chi connectivity index (χ1) is 14.5. The van der Waals surface area contributed by atoms with Crippen molar-refractivity contribution in [2.45, 2.75) is 19.8 Å². The average molecular weight is 403 g/mol. The van der Waals surface area contributed by atoms with Gasteiger partial charge in [-0.2, -0.15) is 0 Å². The Morgan fingerprint density at radius 1 is 1.03 bits per heavy atom. The van der Waals surface area contributed by atoms with Crippen molar-refractivity contribution in [3.8, 4) is 11.3 Å². The zero-order chi connectivity index (χ0) is 21.1. The van der Waals surface area contributed by atoms with Crippen LogP contribution in [0.3, 0.4) is 0 Å². The highest BCUT2D eigenvalue weighted by Gasteiger charge is 2.18. The molecular formula is C22H21N5O3. The molecule has 0 radical (unpaired) electrons. The number of nitrogens with one attached hydrogen (secondary N) is 1. The lowest BCUT2D eigenvalue weighted by molar-refractivity contribution is -0.385. The summed E-state index contributed by atoms with van der Waals surface area (Å²) in [7, 11) is 0. The van der Waals surface area contributed by atoms with E-state index in [0.29, 0.717) is 11.3 Å². The van der Waals surface area contributed by atoms with Crippen LogP contribution in [0.5, 0.6) is 0 Å². The fourth-order valence-electron chi connectivity index (χ4n) is 3.58. The van der Waals surface area contributed by atoms with Crippen LogP contribution in [0.2, 0.25) is 0 Å². The Labute approximate surface area is 173 Å². The molecule has 1 N–H and O–H groups in total. The molecule has 2 heterocycles. The van der Waals surface area contributed by atoms with Gasteiger partial charge in [0.25, 0.3) is 11.6 Å². The van der Waals surface area contributed by atoms with Crippen LogP contribution in [0, 0.1) is 17.0 Å². The van der Waals surface area contributed by atoms with E-state index in [1.807, 2.05) is 24.3 Å². The molecule has 0 bridgehead atoms. The lowest BCUT2D eigenvalue weighted by atomic mass is 10.1. The second-order valence-electron chi connectivity index (χ2n) is 7.21. The molecule has 1 fully saturated rings. The van der Waals surface area contributed by atoms with Crippen LogP contribution in [0.1, 0.15) is 28.8 Å². The van der Waals surface area contributed by atoms with E-state index in [9.17, 15) is 14.9 Å². The Morgan fingerprint density at radius 3 is 2.40 bits per heavy atom. The number of nitro benzene ring substituents is 1. The van der Waals surface area contributed by atoms with Crippen LogP contribution in [0.25, 0.3) is 11.3 Å². The van der Waals surface area contributed by atoms with Crippen molar-refractivity contribution >= 4 is 23.1 Å². The first kappa shape index (κ1) is 19.5. The van der Waals surface area contributed by atoms with E-state index in [1.54, 1.807) is 25.1 Å². The molecule has 1 aliphatic rings. The lowest BCUT2D eigenvalue weighted by Crippen LogP contribution is -2.19. The molecule has 0 atom stereocenters. The zero-order valence-corrected chi connectivity index (χ0v) is 16.5. The van der Waals surface area contributed by atoms with Crippen molar-refractivity contribution in [2.75, 3.05) is 23.3 Å². The molecule has 1 aliphatic heterocycles. The van der Waals surface area contributed by atoms with E-state index in [-0.39, 0.29) is 11.3 Å². The van der Waals surface area contributed by atoms with Crippen molar-refractivity contribution < 1.29 is 9.72 Å². The third kappa shape index (κ3) is 3.98. The first-order valence-corrected chi connectivity index (χ1v) is 9.77. The van der Waals surface area contributed by atoms with Gasteiger partial charge in [0.15, 0.2) is 5.82 Å². The number of rotatable bonds is 5. The van der Waals surface area contributed by atoms with Gasteiger partial charge in [-0.25, -0.2) is 0 Å². The highest BCUT2D eigenvalue weighted by Crippen LogP contribution is 2.24. The van der Waals surface area contributed by atoms with Crippen molar-refractivity contribution in [3.05, 3.63) is 75.8 Å². The van der Waals surface area contributed by atoms with Gasteiger partial charge >= 0.3 is 0 Å². The second-order valence-corrected chi connectivity index (χ2v) is 7.21. The Hall–Kier alpha value is -3.81. The quantitative estimate of drug-likeness (QED) is 0.506. The number of nitro groups is 1. The summed E-state index contributed by atoms with van der Waals surface area (Å²) >= 11 is 0. The minimum atomic E-state index is -0.489. The van der Waals surface area contributed by atoms with E-state index in [1.165, 1.54) is 25.0 Å². The summed E-state index contributed by atoms with van der Waals surface area (Å²) in [6.07, 6.45) is 2.37. The van der Waals surface area contributed by atoms with Gasteiger partial charge in [0.1, 0.15) is 0 Å². The summed E-state index contributed by atoms with van der Waals surface area (Å²) in [5.41, 5.74) is 2.78. The van der Waals surface area contributed by atoms with Crippen LogP contribution < -0.4 is 10.2 Å². The monoisotopic (exact) mass is 403 g/mol. The minimum absolute atomic E-state index is 0.0750. The number of hydrogen-bond acceptors (Lipinski definition) is 6. The van der Waals surface area contributed by atoms with Crippen molar-refractivity contribution in [3.63, 3.8) is 0 Å². The van der Waals surface area contributed by atoms with E-state index < -0.39 is 10.8 Å². The van der Waals surface area contributed by atoms with Gasteiger partial charge in [0.05, 0.1) is 10.6 Å². The summed E-state index contributed by atoms with van der Waals surface area (Å²) in [5, 5.41) is 22.5. The smallest absolute Gasteiger partial charge is 0.273 e. The molecule has 1 aromatic heterocycles. The summed E-state index contributed by atoms with van der Waals surface area (Å²) in [6.45, 7) is 3.61. The van der Waals surface area contributed by atoms with Crippen LogP contribution in [0.15, 0.2) is 54.6 Å². The number of carbonyl (C=O) groups excluding carboxylic acids is 1. The predicted molar refractivity (Wildman–Crippen MR) is 115 cm³/mol. The Bertz CT molecular complexity index is 1070. The SMILES string of the molecule is Cc1c(C(=O)Nc2ccc(-c3ccc(N4CCCC4)nn3)cc2)cccc1[N+](=O)[O-]. The van der Waals surface area contributed by atoms with E-state index in [2.05, 4.69) is 20.4 Å². The molecule has 4 rings (SSSR count). The van der Waals surface area contributed by atoms with E-state index >= 15 is 0 Å². The average Bonchev–Trinajstić information content (AvgIpc) is 3.29. The van der Waals surface area contributed by atoms with Crippen LogP contribution in [0.4, 0.5) is 17.2 Å². The second kappa shape index (κ2) is 8.28. The lowest BCUT2D eigenvalue weighted by Gasteiger charge is -2.15. The maximum atomic E-state index is 12.6. The van der Waals surface area contributed by atoms with Gasteiger partial charge in [0, 0.05) is 41.5 Å². The molecule has 1 amide bonds. The first-order valence-electron chi connectivity index (χ1n) is 9.77. The number of anilines is 2. The minimum Gasteiger partial charge on any atom is -0.355 e. The van der Waals surface area contributed by atoms with E-state index in [4.69, 9.17) is 0 Å². The predicted octanol–water partition coefficient (Wildman–Crippen LogP) is 4.21. The fraction of sp³-hybridized carbons (Fsp3) is 0.227. The largest absolute Gasteiger partial charge is 0.355 e. The van der Waals surface area contributed by atoms with Crippen LogP contribution in [-0.2, 0) is 0 Å². The topological polar surface area (TPSA) is 101 Å². The molecule has 152 valence electrons. The zero-order valence-electron chi connectivity index (χ0n) is 16.5. The summed E-state index contributed by atoms with van der Waals surface area (Å²) in [5.74, 6) is 0.506. The molecule has 0 saturated carbocycles. The summed E-state index contributed by atoms with van der Waals surface area (Å²) in [6, 6.07) is 15.7. The molecule has 8 heteroatoms. The summed E-state index contributed by atoms with van der Waals surface area (Å²) in [4.78, 5) is 25.4. The number of amides is 1. The van der Waals surface area contributed by atoms with Gasteiger partial charge in [-0.3, -0.25) is 14.9 Å². The Balaban J connectivity index is 1.47.